The molecule has 3 N–H and O–H groups in total. The normalized spacial score (nSPS) is 12.8. The molecule has 0 radical (unpaired) electrons. The molecule has 0 aliphatic rings. The standard InChI is InChI=1S/C16H20N4O5/c1-16(19-15(22)23,20-8-4-7-17-20)18-14(21)10-11-5-6-12(24-2)13(9-11)25-3/h4-9,19H,10H2,1-3H3,(H,18,21)(H,22,23). The molecule has 0 bridgehead atoms. The Morgan fingerprint density at radius 1 is 1.24 bits per heavy atom. The van der Waals surface area contributed by atoms with Gasteiger partial charge < -0.3 is 19.9 Å². The highest BCUT2D eigenvalue weighted by Gasteiger charge is 2.30. The van der Waals surface area contributed by atoms with Crippen molar-refractivity contribution in [1.82, 2.24) is 20.4 Å². The Kier molecular flexibility index (Phi) is 5.48. The number of ether oxygens (including phenoxy) is 2. The summed E-state index contributed by atoms with van der Waals surface area (Å²) in [6.07, 6.45) is 1.78. The van der Waals surface area contributed by atoms with Gasteiger partial charge in [0.25, 0.3) is 0 Å². The molecule has 1 heterocycles. The van der Waals surface area contributed by atoms with Crippen LogP contribution in [-0.4, -0.2) is 41.1 Å². The Balaban J connectivity index is 2.15. The number of aromatic nitrogens is 2. The molecule has 25 heavy (non-hydrogen) atoms. The van der Waals surface area contributed by atoms with E-state index in [1.54, 1.807) is 30.5 Å². The molecule has 2 aromatic rings. The summed E-state index contributed by atoms with van der Waals surface area (Å²) in [5.74, 6) is -0.742. The minimum Gasteiger partial charge on any atom is -0.493 e. The quantitative estimate of drug-likeness (QED) is 0.647. The van der Waals surface area contributed by atoms with E-state index in [9.17, 15) is 9.59 Å². The Bertz CT molecular complexity index is 747. The smallest absolute Gasteiger partial charge is 0.407 e. The number of rotatable bonds is 7. The zero-order chi connectivity index (χ0) is 18.4. The monoisotopic (exact) mass is 348 g/mol. The second-order valence-corrected chi connectivity index (χ2v) is 5.37. The van der Waals surface area contributed by atoms with E-state index in [4.69, 9.17) is 14.6 Å². The zero-order valence-corrected chi connectivity index (χ0v) is 14.1. The number of benzene rings is 1. The third-order valence-electron chi connectivity index (χ3n) is 3.51. The minimum absolute atomic E-state index is 0.0263. The van der Waals surface area contributed by atoms with Crippen molar-refractivity contribution >= 4 is 12.0 Å². The van der Waals surface area contributed by atoms with Crippen molar-refractivity contribution in [2.75, 3.05) is 14.2 Å². The average Bonchev–Trinajstić information content (AvgIpc) is 3.09. The van der Waals surface area contributed by atoms with Crippen LogP contribution in [0.3, 0.4) is 0 Å². The number of carbonyl (C=O) groups is 2. The van der Waals surface area contributed by atoms with Gasteiger partial charge in [-0.1, -0.05) is 6.07 Å². The number of nitrogens with one attached hydrogen (secondary N) is 2. The molecule has 1 unspecified atom stereocenters. The van der Waals surface area contributed by atoms with Crippen molar-refractivity contribution < 1.29 is 24.2 Å². The van der Waals surface area contributed by atoms with E-state index in [-0.39, 0.29) is 12.3 Å². The van der Waals surface area contributed by atoms with Gasteiger partial charge in [0.05, 0.1) is 20.6 Å². The van der Waals surface area contributed by atoms with Gasteiger partial charge >= 0.3 is 6.09 Å². The summed E-state index contributed by atoms with van der Waals surface area (Å²) in [5, 5.41) is 17.9. The van der Waals surface area contributed by atoms with Crippen LogP contribution in [0.5, 0.6) is 11.5 Å². The maximum Gasteiger partial charge on any atom is 0.407 e. The predicted molar refractivity (Wildman–Crippen MR) is 88.4 cm³/mol. The van der Waals surface area contributed by atoms with Crippen molar-refractivity contribution in [2.24, 2.45) is 0 Å². The van der Waals surface area contributed by atoms with Gasteiger partial charge in [0.1, 0.15) is 0 Å². The van der Waals surface area contributed by atoms with Gasteiger partial charge in [-0.15, -0.1) is 0 Å². The first-order valence-corrected chi connectivity index (χ1v) is 7.41. The molecule has 2 amide bonds. The number of amides is 2. The maximum atomic E-state index is 12.4. The summed E-state index contributed by atoms with van der Waals surface area (Å²) in [7, 11) is 3.03. The molecule has 0 aliphatic heterocycles. The fourth-order valence-corrected chi connectivity index (χ4v) is 2.38. The SMILES string of the molecule is COc1ccc(CC(=O)NC(C)(NC(=O)O)n2cccn2)cc1OC. The van der Waals surface area contributed by atoms with E-state index < -0.39 is 11.9 Å². The van der Waals surface area contributed by atoms with Gasteiger partial charge in [-0.25, -0.2) is 9.48 Å². The highest BCUT2D eigenvalue weighted by molar-refractivity contribution is 5.80. The maximum absolute atomic E-state index is 12.4. The average molecular weight is 348 g/mol. The van der Waals surface area contributed by atoms with Gasteiger partial charge in [-0.2, -0.15) is 5.10 Å². The second-order valence-electron chi connectivity index (χ2n) is 5.37. The first kappa shape index (κ1) is 18.1. The van der Waals surface area contributed by atoms with Gasteiger partial charge in [0.15, 0.2) is 11.5 Å². The molecular weight excluding hydrogens is 328 g/mol. The molecular formula is C16H20N4O5. The molecule has 9 heteroatoms. The van der Waals surface area contributed by atoms with Crippen LogP contribution in [0.1, 0.15) is 12.5 Å². The molecule has 9 nitrogen and oxygen atoms in total. The predicted octanol–water partition coefficient (Wildman–Crippen LogP) is 1.16. The third-order valence-corrected chi connectivity index (χ3v) is 3.51. The van der Waals surface area contributed by atoms with E-state index >= 15 is 0 Å². The fraction of sp³-hybridized carbons (Fsp3) is 0.312. The van der Waals surface area contributed by atoms with Crippen LogP contribution in [0.2, 0.25) is 0 Å². The van der Waals surface area contributed by atoms with Gasteiger partial charge in [0, 0.05) is 12.4 Å². The fourth-order valence-electron chi connectivity index (χ4n) is 2.38. The van der Waals surface area contributed by atoms with Crippen LogP contribution in [0.25, 0.3) is 0 Å². The Morgan fingerprint density at radius 2 is 1.96 bits per heavy atom. The third kappa shape index (κ3) is 4.40. The minimum atomic E-state index is -1.41. The van der Waals surface area contributed by atoms with E-state index in [0.29, 0.717) is 17.1 Å². The van der Waals surface area contributed by atoms with Crippen molar-refractivity contribution in [3.05, 3.63) is 42.2 Å². The zero-order valence-electron chi connectivity index (χ0n) is 14.1. The summed E-state index contributed by atoms with van der Waals surface area (Å²) in [6, 6.07) is 6.75. The van der Waals surface area contributed by atoms with E-state index in [1.165, 1.54) is 32.0 Å². The topological polar surface area (TPSA) is 115 Å². The van der Waals surface area contributed by atoms with Crippen LogP contribution in [0, 0.1) is 0 Å². The largest absolute Gasteiger partial charge is 0.493 e. The molecule has 0 spiro atoms. The first-order chi connectivity index (χ1) is 11.9. The Labute approximate surface area is 144 Å². The molecule has 0 saturated carbocycles. The van der Waals surface area contributed by atoms with Crippen molar-refractivity contribution in [2.45, 2.75) is 19.1 Å². The lowest BCUT2D eigenvalue weighted by molar-refractivity contribution is -0.124. The molecule has 2 rings (SSSR count). The number of nitrogens with zero attached hydrogens (tertiary/aromatic N) is 2. The van der Waals surface area contributed by atoms with Crippen LogP contribution in [0.15, 0.2) is 36.7 Å². The highest BCUT2D eigenvalue weighted by atomic mass is 16.5. The summed E-state index contributed by atoms with van der Waals surface area (Å²) in [5.41, 5.74) is 0.688. The van der Waals surface area contributed by atoms with Crippen molar-refractivity contribution in [3.63, 3.8) is 0 Å². The molecule has 1 aromatic heterocycles. The number of carbonyl (C=O) groups excluding carboxylic acids is 1. The molecule has 0 aliphatic carbocycles. The summed E-state index contributed by atoms with van der Waals surface area (Å²) < 4.78 is 11.7. The van der Waals surface area contributed by atoms with Crippen molar-refractivity contribution in [1.29, 1.82) is 0 Å². The van der Waals surface area contributed by atoms with Gasteiger partial charge in [-0.3, -0.25) is 10.1 Å². The van der Waals surface area contributed by atoms with Crippen LogP contribution >= 0.6 is 0 Å². The van der Waals surface area contributed by atoms with E-state index in [1.807, 2.05) is 0 Å². The second kappa shape index (κ2) is 7.56. The molecule has 1 aromatic carbocycles. The molecule has 0 saturated heterocycles. The lowest BCUT2D eigenvalue weighted by Gasteiger charge is -2.30. The van der Waals surface area contributed by atoms with Crippen LogP contribution < -0.4 is 20.1 Å². The summed E-state index contributed by atoms with van der Waals surface area (Å²) >= 11 is 0. The summed E-state index contributed by atoms with van der Waals surface area (Å²) in [6.45, 7) is 1.50. The van der Waals surface area contributed by atoms with Crippen molar-refractivity contribution in [3.8, 4) is 11.5 Å². The number of carboxylic acid groups (broad SMARTS) is 1. The molecule has 134 valence electrons. The van der Waals surface area contributed by atoms with E-state index in [2.05, 4.69) is 15.7 Å². The molecule has 0 fully saturated rings. The van der Waals surface area contributed by atoms with Gasteiger partial charge in [0.2, 0.25) is 11.7 Å². The highest BCUT2D eigenvalue weighted by Crippen LogP contribution is 2.27. The van der Waals surface area contributed by atoms with Gasteiger partial charge in [-0.05, 0) is 30.7 Å². The lowest BCUT2D eigenvalue weighted by atomic mass is 10.1. The van der Waals surface area contributed by atoms with Crippen LogP contribution in [-0.2, 0) is 17.0 Å². The van der Waals surface area contributed by atoms with E-state index in [0.717, 1.165) is 0 Å². The Morgan fingerprint density at radius 3 is 2.52 bits per heavy atom. The number of hydrogen-bond donors (Lipinski definition) is 3. The lowest BCUT2D eigenvalue weighted by Crippen LogP contribution is -2.60. The van der Waals surface area contributed by atoms with Crippen LogP contribution in [0.4, 0.5) is 4.79 Å². The first-order valence-electron chi connectivity index (χ1n) is 7.41. The number of methoxy groups -OCH3 is 2. The number of hydrogen-bond acceptors (Lipinski definition) is 5. The Hall–Kier alpha value is -3.23. The molecule has 1 atom stereocenters. The summed E-state index contributed by atoms with van der Waals surface area (Å²) in [4.78, 5) is 23.5.